The largest absolute Gasteiger partial charge is 0.349 e. The smallest absolute Gasteiger partial charge is 0.226 e. The summed E-state index contributed by atoms with van der Waals surface area (Å²) in [6, 6.07) is 0. The van der Waals surface area contributed by atoms with Crippen molar-refractivity contribution >= 4 is 23.0 Å². The number of rotatable bonds is 2. The Morgan fingerprint density at radius 1 is 1.56 bits per heavy atom. The Labute approximate surface area is 60.8 Å². The van der Waals surface area contributed by atoms with E-state index in [1.807, 2.05) is 0 Å². The average Bonchev–Trinajstić information content (AvgIpc) is 1.63. The van der Waals surface area contributed by atoms with E-state index in [1.54, 1.807) is 21.0 Å². The van der Waals surface area contributed by atoms with Crippen molar-refractivity contribution in [2.75, 3.05) is 14.1 Å². The van der Waals surface area contributed by atoms with Crippen LogP contribution in [0.5, 0.6) is 0 Å². The van der Waals surface area contributed by atoms with E-state index < -0.39 is 0 Å². The van der Waals surface area contributed by atoms with Gasteiger partial charge in [0, 0.05) is 14.1 Å². The summed E-state index contributed by atoms with van der Waals surface area (Å²) in [5.41, 5.74) is 0. The van der Waals surface area contributed by atoms with Crippen LogP contribution in [0.25, 0.3) is 0 Å². The highest BCUT2D eigenvalue weighted by molar-refractivity contribution is 7.80. The van der Waals surface area contributed by atoms with Crippen LogP contribution in [0.4, 0.5) is 0 Å². The van der Waals surface area contributed by atoms with Gasteiger partial charge in [0.05, 0.1) is 6.42 Å². The molecule has 52 valence electrons. The Kier molecular flexibility index (Phi) is 3.39. The number of carbonyl (C=O) groups excluding carboxylic acids is 1. The van der Waals surface area contributed by atoms with Crippen LogP contribution in [-0.4, -0.2) is 29.8 Å². The summed E-state index contributed by atoms with van der Waals surface area (Å²) >= 11 is 4.74. The fourth-order valence-electron chi connectivity index (χ4n) is 0.371. The quantitative estimate of drug-likeness (QED) is 0.537. The van der Waals surface area contributed by atoms with E-state index in [1.165, 1.54) is 4.90 Å². The molecule has 0 aromatic heterocycles. The fraction of sp³-hybridized carbons (Fsp3) is 0.667. The second-order valence-corrected chi connectivity index (χ2v) is 2.86. The van der Waals surface area contributed by atoms with Crippen molar-refractivity contribution < 1.29 is 4.79 Å². The van der Waals surface area contributed by atoms with E-state index in [4.69, 9.17) is 12.2 Å². The standard InChI is InChI=1S/C6H11NOS/c1-5(9)4-6(8)7(2)3/h4H2,1-3H3. The summed E-state index contributed by atoms with van der Waals surface area (Å²) in [5.74, 6) is 0.0718. The van der Waals surface area contributed by atoms with Crippen LogP contribution < -0.4 is 0 Å². The first-order valence-electron chi connectivity index (χ1n) is 2.73. The molecule has 3 heteroatoms. The van der Waals surface area contributed by atoms with Gasteiger partial charge in [-0.25, -0.2) is 0 Å². The second kappa shape index (κ2) is 3.56. The van der Waals surface area contributed by atoms with Crippen molar-refractivity contribution in [1.29, 1.82) is 0 Å². The van der Waals surface area contributed by atoms with E-state index in [0.717, 1.165) is 4.86 Å². The maximum absolute atomic E-state index is 10.8. The van der Waals surface area contributed by atoms with Crippen LogP contribution in [0.3, 0.4) is 0 Å². The van der Waals surface area contributed by atoms with Crippen molar-refractivity contribution in [2.24, 2.45) is 0 Å². The Bertz CT molecular complexity index is 131. The molecule has 0 aliphatic carbocycles. The third-order valence-electron chi connectivity index (χ3n) is 0.899. The molecule has 0 saturated carbocycles. The minimum Gasteiger partial charge on any atom is -0.349 e. The summed E-state index contributed by atoms with van der Waals surface area (Å²) in [4.78, 5) is 13.1. The van der Waals surface area contributed by atoms with E-state index in [2.05, 4.69) is 0 Å². The third-order valence-corrected chi connectivity index (χ3v) is 1.04. The second-order valence-electron chi connectivity index (χ2n) is 2.17. The van der Waals surface area contributed by atoms with E-state index in [-0.39, 0.29) is 5.91 Å². The highest BCUT2D eigenvalue weighted by atomic mass is 32.1. The van der Waals surface area contributed by atoms with E-state index >= 15 is 0 Å². The van der Waals surface area contributed by atoms with Crippen molar-refractivity contribution in [2.45, 2.75) is 13.3 Å². The molecule has 0 radical (unpaired) electrons. The van der Waals surface area contributed by atoms with Crippen molar-refractivity contribution in [3.8, 4) is 0 Å². The van der Waals surface area contributed by atoms with Crippen LogP contribution in [0.15, 0.2) is 0 Å². The third kappa shape index (κ3) is 4.09. The van der Waals surface area contributed by atoms with E-state index in [0.29, 0.717) is 6.42 Å². The summed E-state index contributed by atoms with van der Waals surface area (Å²) in [5, 5.41) is 0. The predicted molar refractivity (Wildman–Crippen MR) is 41.6 cm³/mol. The molecule has 0 fully saturated rings. The zero-order valence-corrected chi connectivity index (χ0v) is 6.79. The molecule has 0 aliphatic rings. The molecule has 0 N–H and O–H groups in total. The van der Waals surface area contributed by atoms with Gasteiger partial charge in [-0.2, -0.15) is 0 Å². The molecule has 9 heavy (non-hydrogen) atoms. The van der Waals surface area contributed by atoms with E-state index in [9.17, 15) is 4.79 Å². The SMILES string of the molecule is CC(=S)CC(=O)N(C)C. The molecular formula is C6H11NOS. The first-order chi connectivity index (χ1) is 4.04. The molecule has 0 rings (SSSR count). The minimum atomic E-state index is 0.0718. The number of hydrogen-bond acceptors (Lipinski definition) is 2. The molecular weight excluding hydrogens is 134 g/mol. The van der Waals surface area contributed by atoms with Crippen LogP contribution in [-0.2, 0) is 4.79 Å². The number of amides is 1. The Morgan fingerprint density at radius 3 is 2.11 bits per heavy atom. The lowest BCUT2D eigenvalue weighted by atomic mass is 10.3. The van der Waals surface area contributed by atoms with Gasteiger partial charge in [0.15, 0.2) is 0 Å². The van der Waals surface area contributed by atoms with Gasteiger partial charge >= 0.3 is 0 Å². The minimum absolute atomic E-state index is 0.0718. The monoisotopic (exact) mass is 145 g/mol. The number of thiocarbonyl (C=S) groups is 1. The highest BCUT2D eigenvalue weighted by Gasteiger charge is 2.02. The van der Waals surface area contributed by atoms with Gasteiger partial charge < -0.3 is 4.90 Å². The maximum Gasteiger partial charge on any atom is 0.226 e. The van der Waals surface area contributed by atoms with Crippen LogP contribution >= 0.6 is 12.2 Å². The number of carbonyl (C=O) groups is 1. The molecule has 1 amide bonds. The van der Waals surface area contributed by atoms with Gasteiger partial charge in [-0.3, -0.25) is 4.79 Å². The lowest BCUT2D eigenvalue weighted by molar-refractivity contribution is -0.127. The van der Waals surface area contributed by atoms with Gasteiger partial charge in [-0.1, -0.05) is 12.2 Å². The predicted octanol–water partition coefficient (Wildman–Crippen LogP) is 0.855. The average molecular weight is 145 g/mol. The molecule has 0 saturated heterocycles. The lowest BCUT2D eigenvalue weighted by Crippen LogP contribution is -2.22. The molecule has 0 aromatic carbocycles. The van der Waals surface area contributed by atoms with Gasteiger partial charge in [0.2, 0.25) is 5.91 Å². The number of nitrogens with zero attached hydrogens (tertiary/aromatic N) is 1. The summed E-state index contributed by atoms with van der Waals surface area (Å²) in [6.45, 7) is 1.77. The van der Waals surface area contributed by atoms with Crippen LogP contribution in [0, 0.1) is 0 Å². The molecule has 2 nitrogen and oxygen atoms in total. The Hall–Kier alpha value is -0.440. The highest BCUT2D eigenvalue weighted by Crippen LogP contribution is 1.89. The molecule has 0 unspecified atom stereocenters. The molecule has 0 aliphatic heterocycles. The molecule has 0 heterocycles. The summed E-state index contributed by atoms with van der Waals surface area (Å²) < 4.78 is 0. The first kappa shape index (κ1) is 8.56. The van der Waals surface area contributed by atoms with Crippen LogP contribution in [0.1, 0.15) is 13.3 Å². The normalized spacial score (nSPS) is 8.78. The Morgan fingerprint density at radius 2 is 2.00 bits per heavy atom. The first-order valence-corrected chi connectivity index (χ1v) is 3.14. The lowest BCUT2D eigenvalue weighted by Gasteiger charge is -2.07. The molecule has 0 bridgehead atoms. The number of hydrogen-bond donors (Lipinski definition) is 0. The maximum atomic E-state index is 10.8. The van der Waals surface area contributed by atoms with Gasteiger partial charge in [-0.05, 0) is 11.8 Å². The zero-order chi connectivity index (χ0) is 7.44. The topological polar surface area (TPSA) is 20.3 Å². The summed E-state index contributed by atoms with van der Waals surface area (Å²) in [7, 11) is 3.45. The summed E-state index contributed by atoms with van der Waals surface area (Å²) in [6.07, 6.45) is 0.391. The molecule has 0 spiro atoms. The fourth-order valence-corrected chi connectivity index (χ4v) is 0.495. The van der Waals surface area contributed by atoms with Gasteiger partial charge in [0.1, 0.15) is 0 Å². The Balaban J connectivity index is 3.64. The van der Waals surface area contributed by atoms with Gasteiger partial charge in [0.25, 0.3) is 0 Å². The van der Waals surface area contributed by atoms with Crippen molar-refractivity contribution in [1.82, 2.24) is 4.90 Å². The van der Waals surface area contributed by atoms with Gasteiger partial charge in [-0.15, -0.1) is 0 Å². The molecule has 0 aromatic rings. The van der Waals surface area contributed by atoms with Crippen LogP contribution in [0.2, 0.25) is 0 Å². The van der Waals surface area contributed by atoms with Crippen molar-refractivity contribution in [3.63, 3.8) is 0 Å². The zero-order valence-electron chi connectivity index (χ0n) is 5.97. The molecule has 0 atom stereocenters. The van der Waals surface area contributed by atoms with Crippen molar-refractivity contribution in [3.05, 3.63) is 0 Å².